The molecule has 9 atom stereocenters. The number of rotatable bonds is 1. The first-order valence-electron chi connectivity index (χ1n) is 14.0. The summed E-state index contributed by atoms with van der Waals surface area (Å²) in [5.74, 6) is 3.56. The molecule has 0 amide bonds. The highest BCUT2D eigenvalue weighted by Crippen LogP contribution is 2.76. The molecule has 186 valence electrons. The number of carbonyl (C=O) groups excluding carboxylic acids is 2. The maximum atomic E-state index is 13.3. The van der Waals surface area contributed by atoms with E-state index < -0.39 is 0 Å². The Balaban J connectivity index is 1.54. The average molecular weight is 457 g/mol. The van der Waals surface area contributed by atoms with Crippen LogP contribution in [0.25, 0.3) is 0 Å². The minimum absolute atomic E-state index is 0.0805. The molecule has 0 aromatic rings. The van der Waals surface area contributed by atoms with Crippen molar-refractivity contribution in [2.24, 2.45) is 56.7 Å². The number of hydrogen-bond donors (Lipinski definition) is 0. The smallest absolute Gasteiger partial charge is 0.312 e. The number of carbonyl (C=O) groups is 2. The van der Waals surface area contributed by atoms with E-state index in [1.807, 2.05) is 0 Å². The molecule has 5 aliphatic rings. The van der Waals surface area contributed by atoms with Crippen LogP contribution in [-0.4, -0.2) is 18.9 Å². The predicted molar refractivity (Wildman–Crippen MR) is 131 cm³/mol. The van der Waals surface area contributed by atoms with Crippen LogP contribution < -0.4 is 0 Å². The van der Waals surface area contributed by atoms with E-state index in [1.165, 1.54) is 32.1 Å². The van der Waals surface area contributed by atoms with Gasteiger partial charge in [-0.1, -0.05) is 41.5 Å². The molecule has 0 aromatic carbocycles. The standard InChI is InChI=1S/C30H48O3/c1-19-10-15-30(25(32)33-7)17-16-28(5)20(21(30)18-19)8-9-23-27(4)13-12-24(31)26(2,3)22(27)11-14-29(23,28)6/h19-23H,8-18H2,1-7H3/t19-,20?,21-,22?,23?,27-,28-,29+,30?/m0/s1. The van der Waals surface area contributed by atoms with Crippen molar-refractivity contribution in [2.75, 3.05) is 7.11 Å². The van der Waals surface area contributed by atoms with Crippen molar-refractivity contribution in [2.45, 2.75) is 112 Å². The summed E-state index contributed by atoms with van der Waals surface area (Å²) in [4.78, 5) is 26.2. The molecular weight excluding hydrogens is 408 g/mol. The molecule has 5 rings (SSSR count). The van der Waals surface area contributed by atoms with Crippen LogP contribution in [0.15, 0.2) is 0 Å². The SMILES string of the molecule is COC(=O)C12CC[C@H](C)C[C@H]1C1CCC3[C@@]4(C)CCC(=O)C(C)(C)C4CC[C@@]3(C)[C@@]1(C)CC2. The van der Waals surface area contributed by atoms with Gasteiger partial charge in [0.25, 0.3) is 0 Å². The van der Waals surface area contributed by atoms with Gasteiger partial charge in [0.1, 0.15) is 5.78 Å². The highest BCUT2D eigenvalue weighted by molar-refractivity contribution is 5.85. The molecule has 0 saturated heterocycles. The van der Waals surface area contributed by atoms with Crippen LogP contribution in [0.2, 0.25) is 0 Å². The van der Waals surface area contributed by atoms with Gasteiger partial charge in [0.15, 0.2) is 0 Å². The van der Waals surface area contributed by atoms with E-state index in [0.29, 0.717) is 40.8 Å². The molecule has 0 radical (unpaired) electrons. The Kier molecular flexibility index (Phi) is 5.30. The third-order valence-electron chi connectivity index (χ3n) is 13.3. The topological polar surface area (TPSA) is 43.4 Å². The summed E-state index contributed by atoms with van der Waals surface area (Å²) in [5, 5.41) is 0. The molecule has 0 aromatic heterocycles. The molecule has 3 nitrogen and oxygen atoms in total. The fraction of sp³-hybridized carbons (Fsp3) is 0.933. The number of hydrogen-bond acceptors (Lipinski definition) is 3. The zero-order valence-electron chi connectivity index (χ0n) is 22.4. The van der Waals surface area contributed by atoms with Crippen molar-refractivity contribution in [1.82, 2.24) is 0 Å². The number of ketones is 1. The van der Waals surface area contributed by atoms with Gasteiger partial charge in [-0.25, -0.2) is 0 Å². The molecular formula is C30H48O3. The molecule has 0 heterocycles. The monoisotopic (exact) mass is 456 g/mol. The Morgan fingerprint density at radius 2 is 1.55 bits per heavy atom. The van der Waals surface area contributed by atoms with Gasteiger partial charge in [0.2, 0.25) is 0 Å². The van der Waals surface area contributed by atoms with Crippen molar-refractivity contribution >= 4 is 11.8 Å². The minimum atomic E-state index is -0.241. The van der Waals surface area contributed by atoms with E-state index in [2.05, 4.69) is 41.5 Å². The van der Waals surface area contributed by atoms with Crippen LogP contribution >= 0.6 is 0 Å². The molecule has 0 N–H and O–H groups in total. The zero-order valence-corrected chi connectivity index (χ0v) is 22.4. The summed E-state index contributed by atoms with van der Waals surface area (Å²) in [6, 6.07) is 0. The van der Waals surface area contributed by atoms with E-state index in [-0.39, 0.29) is 27.6 Å². The Labute approximate surface area is 202 Å². The summed E-state index contributed by atoms with van der Waals surface area (Å²) < 4.78 is 5.48. The summed E-state index contributed by atoms with van der Waals surface area (Å²) in [6.07, 6.45) is 12.3. The lowest BCUT2D eigenvalue weighted by molar-refractivity contribution is -0.242. The van der Waals surface area contributed by atoms with E-state index in [4.69, 9.17) is 4.74 Å². The van der Waals surface area contributed by atoms with Gasteiger partial charge in [-0.3, -0.25) is 9.59 Å². The second kappa shape index (κ2) is 7.33. The van der Waals surface area contributed by atoms with Crippen molar-refractivity contribution in [3.63, 3.8) is 0 Å². The molecule has 0 spiro atoms. The molecule has 5 fully saturated rings. The highest BCUT2D eigenvalue weighted by atomic mass is 16.5. The van der Waals surface area contributed by atoms with Crippen LogP contribution in [0.1, 0.15) is 112 Å². The van der Waals surface area contributed by atoms with Crippen LogP contribution in [0.4, 0.5) is 0 Å². The van der Waals surface area contributed by atoms with Gasteiger partial charge >= 0.3 is 5.97 Å². The summed E-state index contributed by atoms with van der Waals surface area (Å²) >= 11 is 0. The van der Waals surface area contributed by atoms with Crippen LogP contribution in [-0.2, 0) is 14.3 Å². The van der Waals surface area contributed by atoms with E-state index in [1.54, 1.807) is 7.11 Å². The van der Waals surface area contributed by atoms with Crippen molar-refractivity contribution in [3.05, 3.63) is 0 Å². The van der Waals surface area contributed by atoms with Gasteiger partial charge < -0.3 is 4.74 Å². The minimum Gasteiger partial charge on any atom is -0.469 e. The van der Waals surface area contributed by atoms with Crippen molar-refractivity contribution < 1.29 is 14.3 Å². The summed E-state index contributed by atoms with van der Waals surface area (Å²) in [7, 11) is 1.60. The first kappa shape index (κ1) is 23.9. The molecule has 4 unspecified atom stereocenters. The van der Waals surface area contributed by atoms with Crippen LogP contribution in [0, 0.1) is 56.7 Å². The number of Topliss-reactive ketones (excluding diaryl/α,β-unsaturated/α-hetero) is 1. The number of fused-ring (bicyclic) bond motifs is 7. The zero-order chi connectivity index (χ0) is 24.0. The maximum Gasteiger partial charge on any atom is 0.312 e. The maximum absolute atomic E-state index is 13.3. The summed E-state index contributed by atoms with van der Waals surface area (Å²) in [5.41, 5.74) is 0.400. The lowest BCUT2D eigenvalue weighted by atomic mass is 9.31. The van der Waals surface area contributed by atoms with Crippen molar-refractivity contribution in [3.8, 4) is 0 Å². The second-order valence-electron chi connectivity index (χ2n) is 14.4. The molecule has 0 aliphatic heterocycles. The quantitative estimate of drug-likeness (QED) is 0.391. The molecule has 5 aliphatic carbocycles. The third kappa shape index (κ3) is 2.86. The average Bonchev–Trinajstić information content (AvgIpc) is 2.76. The molecule has 5 saturated carbocycles. The Morgan fingerprint density at radius 1 is 0.818 bits per heavy atom. The lowest BCUT2D eigenvalue weighted by Gasteiger charge is -2.72. The van der Waals surface area contributed by atoms with E-state index >= 15 is 0 Å². The lowest BCUT2D eigenvalue weighted by Crippen LogP contribution is -2.67. The number of ether oxygens (including phenoxy) is 1. The normalized spacial score (nSPS) is 53.2. The van der Waals surface area contributed by atoms with Gasteiger partial charge in [0, 0.05) is 11.8 Å². The fourth-order valence-corrected chi connectivity index (χ4v) is 11.3. The Bertz CT molecular complexity index is 845. The molecule has 3 heteroatoms. The fourth-order valence-electron chi connectivity index (χ4n) is 11.3. The van der Waals surface area contributed by atoms with Gasteiger partial charge in [-0.2, -0.15) is 0 Å². The molecule has 33 heavy (non-hydrogen) atoms. The first-order valence-corrected chi connectivity index (χ1v) is 14.0. The predicted octanol–water partition coefficient (Wildman–Crippen LogP) is 7.22. The largest absolute Gasteiger partial charge is 0.469 e. The van der Waals surface area contributed by atoms with Gasteiger partial charge in [-0.15, -0.1) is 0 Å². The van der Waals surface area contributed by atoms with E-state index in [9.17, 15) is 9.59 Å². The van der Waals surface area contributed by atoms with Crippen molar-refractivity contribution in [1.29, 1.82) is 0 Å². The highest BCUT2D eigenvalue weighted by Gasteiger charge is 2.70. The van der Waals surface area contributed by atoms with Gasteiger partial charge in [-0.05, 0) is 110 Å². The van der Waals surface area contributed by atoms with Crippen LogP contribution in [0.5, 0.6) is 0 Å². The number of esters is 1. The molecule has 0 bridgehead atoms. The van der Waals surface area contributed by atoms with Crippen LogP contribution in [0.3, 0.4) is 0 Å². The second-order valence-corrected chi connectivity index (χ2v) is 14.4. The van der Waals surface area contributed by atoms with E-state index in [0.717, 1.165) is 38.5 Å². The first-order chi connectivity index (χ1) is 15.4. The number of methoxy groups -OCH3 is 1. The third-order valence-corrected chi connectivity index (χ3v) is 13.3. The Morgan fingerprint density at radius 3 is 2.24 bits per heavy atom. The van der Waals surface area contributed by atoms with Gasteiger partial charge in [0.05, 0.1) is 12.5 Å². The summed E-state index contributed by atoms with van der Waals surface area (Å²) in [6.45, 7) is 14.7. The Hall–Kier alpha value is -0.860.